The zero-order valence-corrected chi connectivity index (χ0v) is 30.3. The van der Waals surface area contributed by atoms with Gasteiger partial charge in [-0.3, -0.25) is 4.99 Å². The molecule has 4 nitrogen and oxygen atoms in total. The van der Waals surface area contributed by atoms with Crippen LogP contribution < -0.4 is 5.73 Å². The topological polar surface area (TPSA) is 67.8 Å². The van der Waals surface area contributed by atoms with E-state index < -0.39 is 0 Å². The van der Waals surface area contributed by atoms with E-state index in [1.54, 1.807) is 0 Å². The van der Waals surface area contributed by atoms with Gasteiger partial charge in [-0.05, 0) is 116 Å². The molecular formula is C45H54N2O2. The van der Waals surface area contributed by atoms with Gasteiger partial charge in [0.05, 0.1) is 6.04 Å². The molecule has 0 spiro atoms. The summed E-state index contributed by atoms with van der Waals surface area (Å²) in [7, 11) is 1.50. The van der Waals surface area contributed by atoms with Crippen LogP contribution in [0, 0.1) is 0 Å². The molecule has 1 atom stereocenters. The van der Waals surface area contributed by atoms with Gasteiger partial charge >= 0.3 is 0 Å². The van der Waals surface area contributed by atoms with E-state index in [2.05, 4.69) is 117 Å². The zero-order chi connectivity index (χ0) is 35.4. The second-order valence-electron chi connectivity index (χ2n) is 12.8. The number of allylic oxidation sites excluding steroid dienone is 13. The molecule has 0 saturated carbocycles. The summed E-state index contributed by atoms with van der Waals surface area (Å²) in [6.45, 7) is 14.5. The molecule has 5 aliphatic rings. The van der Waals surface area contributed by atoms with Gasteiger partial charge in [-0.25, -0.2) is 0 Å². The van der Waals surface area contributed by atoms with Crippen LogP contribution in [0.3, 0.4) is 0 Å². The van der Waals surface area contributed by atoms with Gasteiger partial charge in [0, 0.05) is 11.0 Å². The first kappa shape index (κ1) is 37.2. The number of nitrogens with two attached hydrogens (primary N) is 1. The normalized spacial score (nSPS) is 20.5. The second kappa shape index (κ2) is 17.6. The molecule has 1 unspecified atom stereocenters. The standard InChI is InChI=1S/C28H28O2.C14H15N.C2H6.CH5N/c1-18-8-10-19(11-9-18)20-12-14-23-26(16-20)30-21(17-29)13-15-25-27(23)22-6-4-5-7-24(22)28(25,2)3;1-15-14(12-8-4-2-5-9-12)13-10-6-3-7-11-13;2*1-2/h4-8,10,13,15-17,29H,9,11-12,14H2,1-3H3;2,4-6,8-11,14H,1,3,7H2;1-2H3;2H2,1H3/b15-13-,21-17-;;;. The number of hydrogen-bond donors (Lipinski definition) is 2. The number of aliphatic hydroxyl groups is 1. The average Bonchev–Trinajstić information content (AvgIpc) is 3.37. The number of ether oxygens (including phenoxy) is 1. The van der Waals surface area contributed by atoms with E-state index in [0.29, 0.717) is 5.76 Å². The molecule has 3 N–H and O–H groups in total. The van der Waals surface area contributed by atoms with E-state index in [1.807, 2.05) is 38.1 Å². The fraction of sp³-hybridized carbons (Fsp3) is 0.311. The van der Waals surface area contributed by atoms with Gasteiger partial charge in [0.15, 0.2) is 5.76 Å². The Balaban J connectivity index is 0.000000239. The Hall–Kier alpha value is -4.67. The van der Waals surface area contributed by atoms with Crippen molar-refractivity contribution >= 4 is 12.3 Å². The van der Waals surface area contributed by atoms with Gasteiger partial charge in [-0.15, -0.1) is 0 Å². The number of aliphatic imine (C=N–C) groups is 1. The summed E-state index contributed by atoms with van der Waals surface area (Å²) in [5.41, 5.74) is 17.6. The van der Waals surface area contributed by atoms with Crippen LogP contribution in [-0.2, 0) is 10.2 Å². The molecule has 49 heavy (non-hydrogen) atoms. The summed E-state index contributed by atoms with van der Waals surface area (Å²) in [5.74, 6) is 1.35. The number of fused-ring (bicyclic) bond motifs is 3. The minimum absolute atomic E-state index is 0.0867. The summed E-state index contributed by atoms with van der Waals surface area (Å²) in [5, 5.41) is 9.77. The highest BCUT2D eigenvalue weighted by Crippen LogP contribution is 2.52. The summed E-state index contributed by atoms with van der Waals surface area (Å²) in [6, 6.07) is 19.1. The zero-order valence-electron chi connectivity index (χ0n) is 30.3. The molecule has 0 bridgehead atoms. The summed E-state index contributed by atoms with van der Waals surface area (Å²) < 4.78 is 6.23. The number of hydrogen-bond acceptors (Lipinski definition) is 4. The van der Waals surface area contributed by atoms with Crippen LogP contribution in [0.2, 0.25) is 0 Å². The lowest BCUT2D eigenvalue weighted by Crippen LogP contribution is -2.16. The highest BCUT2D eigenvalue weighted by atomic mass is 16.5. The second-order valence-corrected chi connectivity index (χ2v) is 12.8. The largest absolute Gasteiger partial charge is 0.512 e. The average molecular weight is 655 g/mol. The molecule has 0 fully saturated rings. The monoisotopic (exact) mass is 654 g/mol. The Bertz CT molecular complexity index is 1770. The molecule has 7 rings (SSSR count). The van der Waals surface area contributed by atoms with Crippen molar-refractivity contribution in [2.75, 3.05) is 7.05 Å². The van der Waals surface area contributed by atoms with Crippen molar-refractivity contribution in [2.45, 2.75) is 84.6 Å². The van der Waals surface area contributed by atoms with E-state index in [4.69, 9.17) is 4.74 Å². The van der Waals surface area contributed by atoms with E-state index >= 15 is 0 Å². The van der Waals surface area contributed by atoms with Crippen molar-refractivity contribution in [3.8, 4) is 0 Å². The van der Waals surface area contributed by atoms with Crippen molar-refractivity contribution in [1.29, 1.82) is 0 Å². The first-order chi connectivity index (χ1) is 23.9. The molecule has 0 amide bonds. The number of nitrogens with zero attached hydrogens (tertiary/aromatic N) is 1. The molecular weight excluding hydrogens is 601 g/mol. The molecule has 1 heterocycles. The van der Waals surface area contributed by atoms with Crippen LogP contribution in [-0.4, -0.2) is 18.9 Å². The number of rotatable bonds is 4. The number of benzene rings is 2. The molecule has 0 aromatic heterocycles. The Morgan fingerprint density at radius 3 is 2.24 bits per heavy atom. The molecule has 4 heteroatoms. The van der Waals surface area contributed by atoms with Crippen molar-refractivity contribution in [2.24, 2.45) is 10.7 Å². The van der Waals surface area contributed by atoms with E-state index in [1.165, 1.54) is 62.7 Å². The maximum atomic E-state index is 9.77. The van der Waals surface area contributed by atoms with Gasteiger partial charge in [0.1, 0.15) is 12.0 Å². The van der Waals surface area contributed by atoms with Gasteiger partial charge in [-0.2, -0.15) is 0 Å². The Labute approximate surface area is 294 Å². The van der Waals surface area contributed by atoms with Gasteiger partial charge in [-0.1, -0.05) is 124 Å². The number of aliphatic hydroxyl groups excluding tert-OH is 1. The first-order valence-electron chi connectivity index (χ1n) is 17.7. The minimum atomic E-state index is -0.0867. The molecule has 2 aromatic rings. The first-order valence-corrected chi connectivity index (χ1v) is 17.7. The van der Waals surface area contributed by atoms with Crippen LogP contribution in [0.15, 0.2) is 159 Å². The van der Waals surface area contributed by atoms with E-state index in [9.17, 15) is 5.11 Å². The predicted octanol–water partition coefficient (Wildman–Crippen LogP) is 11.7. The Kier molecular flexibility index (Phi) is 13.4. The SMILES string of the molecule is C=NC(C1=CCCC=C1)c1ccccc1.CC.CC1=CC=C(C2=CC3=C(CC2)C2=C(/C=C\C(=C\O)O3)C(C)(C)c3ccccc32)CC1.CN. The van der Waals surface area contributed by atoms with Gasteiger partial charge in [0.25, 0.3) is 0 Å². The van der Waals surface area contributed by atoms with Crippen LogP contribution in [0.4, 0.5) is 0 Å². The quantitative estimate of drug-likeness (QED) is 0.255. The summed E-state index contributed by atoms with van der Waals surface area (Å²) >= 11 is 0. The lowest BCUT2D eigenvalue weighted by molar-refractivity contribution is 0.304. The van der Waals surface area contributed by atoms with Crippen molar-refractivity contribution in [1.82, 2.24) is 0 Å². The highest BCUT2D eigenvalue weighted by Gasteiger charge is 2.39. The highest BCUT2D eigenvalue weighted by molar-refractivity contribution is 5.92. The lowest BCUT2D eigenvalue weighted by Gasteiger charge is -2.27. The van der Waals surface area contributed by atoms with Crippen molar-refractivity contribution in [3.05, 3.63) is 171 Å². The van der Waals surface area contributed by atoms with Gasteiger partial charge in [0.2, 0.25) is 0 Å². The Morgan fingerprint density at radius 2 is 1.59 bits per heavy atom. The lowest BCUT2D eigenvalue weighted by atomic mass is 9.79. The fourth-order valence-electron chi connectivity index (χ4n) is 7.04. The van der Waals surface area contributed by atoms with Crippen LogP contribution in [0.1, 0.15) is 95.9 Å². The van der Waals surface area contributed by atoms with Crippen molar-refractivity contribution in [3.63, 3.8) is 0 Å². The maximum absolute atomic E-state index is 9.77. The molecule has 0 saturated heterocycles. The van der Waals surface area contributed by atoms with Crippen LogP contribution in [0.25, 0.3) is 5.57 Å². The third-order valence-electron chi connectivity index (χ3n) is 9.54. The molecule has 2 aromatic carbocycles. The van der Waals surface area contributed by atoms with Gasteiger partial charge < -0.3 is 15.6 Å². The van der Waals surface area contributed by atoms with E-state index in [0.717, 1.165) is 50.5 Å². The van der Waals surface area contributed by atoms with Crippen LogP contribution >= 0.6 is 0 Å². The third kappa shape index (κ3) is 8.32. The van der Waals surface area contributed by atoms with Crippen molar-refractivity contribution < 1.29 is 9.84 Å². The molecule has 1 aliphatic heterocycles. The van der Waals surface area contributed by atoms with Crippen LogP contribution in [0.5, 0.6) is 0 Å². The maximum Gasteiger partial charge on any atom is 0.161 e. The summed E-state index contributed by atoms with van der Waals surface area (Å²) in [6.07, 6.45) is 24.8. The predicted molar refractivity (Wildman–Crippen MR) is 209 cm³/mol. The molecule has 4 aliphatic carbocycles. The minimum Gasteiger partial charge on any atom is -0.512 e. The fourth-order valence-corrected chi connectivity index (χ4v) is 7.04. The third-order valence-corrected chi connectivity index (χ3v) is 9.54. The Morgan fingerprint density at radius 1 is 0.878 bits per heavy atom. The molecule has 0 radical (unpaired) electrons. The smallest absolute Gasteiger partial charge is 0.161 e. The molecule has 256 valence electrons. The summed E-state index contributed by atoms with van der Waals surface area (Å²) in [4.78, 5) is 4.21. The van der Waals surface area contributed by atoms with E-state index in [-0.39, 0.29) is 11.5 Å².